The summed E-state index contributed by atoms with van der Waals surface area (Å²) in [6, 6.07) is 3.37. The van der Waals surface area contributed by atoms with Crippen molar-refractivity contribution < 1.29 is 22.7 Å². The first-order valence-corrected chi connectivity index (χ1v) is 7.16. The van der Waals surface area contributed by atoms with E-state index in [4.69, 9.17) is 10.5 Å². The lowest BCUT2D eigenvalue weighted by Gasteiger charge is -2.30. The van der Waals surface area contributed by atoms with Crippen LogP contribution in [0.4, 0.5) is 18.9 Å². The SMILES string of the molecule is CCC(C)Oc1cc2c(cc1N)CCN(C(=O)C(F)(F)F)C2. The molecule has 0 bridgehead atoms. The van der Waals surface area contributed by atoms with E-state index >= 15 is 0 Å². The highest BCUT2D eigenvalue weighted by molar-refractivity contribution is 5.82. The van der Waals surface area contributed by atoms with Gasteiger partial charge < -0.3 is 15.4 Å². The largest absolute Gasteiger partial charge is 0.489 e. The van der Waals surface area contributed by atoms with Crippen LogP contribution in [0.3, 0.4) is 0 Å². The fourth-order valence-corrected chi connectivity index (χ4v) is 2.36. The molecule has 2 rings (SSSR count). The standard InChI is InChI=1S/C15H19F3N2O2/c1-3-9(2)22-13-7-11-8-20(14(21)15(16,17)18)5-4-10(11)6-12(13)19/h6-7,9H,3-5,8,19H2,1-2H3. The van der Waals surface area contributed by atoms with E-state index in [0.717, 1.165) is 16.9 Å². The van der Waals surface area contributed by atoms with Crippen molar-refractivity contribution in [2.75, 3.05) is 12.3 Å². The molecule has 0 saturated heterocycles. The molecule has 0 aromatic heterocycles. The molecule has 4 nitrogen and oxygen atoms in total. The molecule has 0 spiro atoms. The number of ether oxygens (including phenoxy) is 1. The molecular weight excluding hydrogens is 297 g/mol. The number of benzene rings is 1. The zero-order valence-corrected chi connectivity index (χ0v) is 12.5. The third-order valence-electron chi connectivity index (χ3n) is 3.78. The van der Waals surface area contributed by atoms with Gasteiger partial charge in [0.25, 0.3) is 0 Å². The van der Waals surface area contributed by atoms with Crippen molar-refractivity contribution in [3.05, 3.63) is 23.3 Å². The summed E-state index contributed by atoms with van der Waals surface area (Å²) in [6.07, 6.45) is -3.75. The number of carbonyl (C=O) groups is 1. The maximum Gasteiger partial charge on any atom is 0.471 e. The Balaban J connectivity index is 2.23. The molecule has 0 saturated carbocycles. The summed E-state index contributed by atoms with van der Waals surface area (Å²) < 4.78 is 43.3. The number of nitrogens with two attached hydrogens (primary N) is 1. The van der Waals surface area contributed by atoms with Crippen molar-refractivity contribution in [2.24, 2.45) is 0 Å². The molecule has 1 unspecified atom stereocenters. The third-order valence-corrected chi connectivity index (χ3v) is 3.78. The number of hydrogen-bond donors (Lipinski definition) is 1. The van der Waals surface area contributed by atoms with E-state index in [1.807, 2.05) is 13.8 Å². The van der Waals surface area contributed by atoms with Gasteiger partial charge in [-0.1, -0.05) is 6.92 Å². The summed E-state index contributed by atoms with van der Waals surface area (Å²) in [7, 11) is 0. The summed E-state index contributed by atoms with van der Waals surface area (Å²) >= 11 is 0. The summed E-state index contributed by atoms with van der Waals surface area (Å²) in [5.41, 5.74) is 7.90. The van der Waals surface area contributed by atoms with Crippen LogP contribution in [-0.4, -0.2) is 29.6 Å². The number of hydrogen-bond acceptors (Lipinski definition) is 3. The highest BCUT2D eigenvalue weighted by Crippen LogP contribution is 2.32. The van der Waals surface area contributed by atoms with E-state index in [-0.39, 0.29) is 19.2 Å². The quantitative estimate of drug-likeness (QED) is 0.872. The molecule has 7 heteroatoms. The smallest absolute Gasteiger partial charge is 0.471 e. The Hall–Kier alpha value is -1.92. The summed E-state index contributed by atoms with van der Waals surface area (Å²) in [6.45, 7) is 3.81. The number of fused-ring (bicyclic) bond motifs is 1. The summed E-state index contributed by atoms with van der Waals surface area (Å²) in [4.78, 5) is 12.2. The average Bonchev–Trinajstić information content (AvgIpc) is 2.45. The van der Waals surface area contributed by atoms with Crippen LogP contribution in [0.15, 0.2) is 12.1 Å². The topological polar surface area (TPSA) is 55.6 Å². The van der Waals surface area contributed by atoms with Crippen LogP contribution in [-0.2, 0) is 17.8 Å². The Morgan fingerprint density at radius 2 is 2.09 bits per heavy atom. The van der Waals surface area contributed by atoms with Gasteiger partial charge in [0.05, 0.1) is 11.8 Å². The van der Waals surface area contributed by atoms with Gasteiger partial charge in [-0.15, -0.1) is 0 Å². The maximum absolute atomic E-state index is 12.5. The van der Waals surface area contributed by atoms with Crippen molar-refractivity contribution in [3.63, 3.8) is 0 Å². The highest BCUT2D eigenvalue weighted by Gasteiger charge is 2.43. The molecule has 1 aromatic rings. The Morgan fingerprint density at radius 3 is 2.68 bits per heavy atom. The van der Waals surface area contributed by atoms with Gasteiger partial charge in [-0.3, -0.25) is 4.79 Å². The van der Waals surface area contributed by atoms with Gasteiger partial charge >= 0.3 is 12.1 Å². The van der Waals surface area contributed by atoms with E-state index in [1.165, 1.54) is 0 Å². The van der Waals surface area contributed by atoms with Gasteiger partial charge in [-0.2, -0.15) is 13.2 Å². The molecule has 1 aliphatic rings. The third kappa shape index (κ3) is 3.45. The first kappa shape index (κ1) is 16.5. The Labute approximate surface area is 127 Å². The van der Waals surface area contributed by atoms with Gasteiger partial charge in [0.1, 0.15) is 5.75 Å². The van der Waals surface area contributed by atoms with E-state index < -0.39 is 12.1 Å². The van der Waals surface area contributed by atoms with E-state index in [9.17, 15) is 18.0 Å². The van der Waals surface area contributed by atoms with E-state index in [2.05, 4.69) is 0 Å². The Morgan fingerprint density at radius 1 is 1.41 bits per heavy atom. The van der Waals surface area contributed by atoms with Crippen molar-refractivity contribution >= 4 is 11.6 Å². The number of nitrogen functional groups attached to an aromatic ring is 1. The summed E-state index contributed by atoms with van der Waals surface area (Å²) in [5, 5.41) is 0. The Bertz CT molecular complexity index is 573. The lowest BCUT2D eigenvalue weighted by Crippen LogP contribution is -2.43. The minimum atomic E-state index is -4.85. The molecule has 1 aliphatic heterocycles. The summed E-state index contributed by atoms with van der Waals surface area (Å²) in [5.74, 6) is -1.35. The molecule has 1 amide bonds. The Kier molecular flexibility index (Phi) is 4.53. The van der Waals surface area contributed by atoms with Gasteiger partial charge in [-0.25, -0.2) is 0 Å². The van der Waals surface area contributed by atoms with E-state index in [0.29, 0.717) is 23.4 Å². The van der Waals surface area contributed by atoms with Crippen molar-refractivity contribution in [1.82, 2.24) is 4.90 Å². The number of anilines is 1. The molecule has 1 aromatic carbocycles. The second-order valence-corrected chi connectivity index (χ2v) is 5.47. The first-order chi connectivity index (χ1) is 10.2. The molecule has 1 atom stereocenters. The number of amides is 1. The normalized spacial score (nSPS) is 16.1. The molecule has 0 radical (unpaired) electrons. The highest BCUT2D eigenvalue weighted by atomic mass is 19.4. The van der Waals surface area contributed by atoms with Crippen molar-refractivity contribution in [3.8, 4) is 5.75 Å². The molecule has 0 aliphatic carbocycles. The van der Waals surface area contributed by atoms with Crippen LogP contribution in [0.25, 0.3) is 0 Å². The predicted molar refractivity (Wildman–Crippen MR) is 76.4 cm³/mol. The number of nitrogens with zero attached hydrogens (tertiary/aromatic N) is 1. The molecule has 0 fully saturated rings. The zero-order chi connectivity index (χ0) is 16.5. The van der Waals surface area contributed by atoms with Gasteiger partial charge in [-0.05, 0) is 43.0 Å². The fraction of sp³-hybridized carbons (Fsp3) is 0.533. The second kappa shape index (κ2) is 6.06. The number of alkyl halides is 3. The van der Waals surface area contributed by atoms with Crippen LogP contribution in [0.5, 0.6) is 5.75 Å². The average molecular weight is 316 g/mol. The first-order valence-electron chi connectivity index (χ1n) is 7.16. The number of carbonyl (C=O) groups excluding carboxylic acids is 1. The number of halogens is 3. The second-order valence-electron chi connectivity index (χ2n) is 5.47. The lowest BCUT2D eigenvalue weighted by atomic mass is 9.98. The van der Waals surface area contributed by atoms with Crippen LogP contribution in [0, 0.1) is 0 Å². The van der Waals surface area contributed by atoms with Crippen LogP contribution >= 0.6 is 0 Å². The van der Waals surface area contributed by atoms with Crippen LogP contribution in [0.1, 0.15) is 31.4 Å². The van der Waals surface area contributed by atoms with Crippen molar-refractivity contribution in [2.45, 2.75) is 45.5 Å². The van der Waals surface area contributed by atoms with Gasteiger partial charge in [0.2, 0.25) is 0 Å². The molecule has 22 heavy (non-hydrogen) atoms. The fourth-order valence-electron chi connectivity index (χ4n) is 2.36. The maximum atomic E-state index is 12.5. The lowest BCUT2D eigenvalue weighted by molar-refractivity contribution is -0.186. The van der Waals surface area contributed by atoms with Crippen molar-refractivity contribution in [1.29, 1.82) is 0 Å². The molecular formula is C15H19F3N2O2. The predicted octanol–water partition coefficient (Wildman–Crippen LogP) is 2.89. The number of rotatable bonds is 3. The van der Waals surface area contributed by atoms with Crippen LogP contribution in [0.2, 0.25) is 0 Å². The van der Waals surface area contributed by atoms with Gasteiger partial charge in [0.15, 0.2) is 0 Å². The van der Waals surface area contributed by atoms with E-state index in [1.54, 1.807) is 12.1 Å². The molecule has 1 heterocycles. The minimum absolute atomic E-state index is 0.0380. The minimum Gasteiger partial charge on any atom is -0.489 e. The zero-order valence-electron chi connectivity index (χ0n) is 12.5. The van der Waals surface area contributed by atoms with Crippen LogP contribution < -0.4 is 10.5 Å². The van der Waals surface area contributed by atoms with Gasteiger partial charge in [0, 0.05) is 13.1 Å². The monoisotopic (exact) mass is 316 g/mol. The molecule has 122 valence electrons. The molecule has 2 N–H and O–H groups in total.